The molecule has 0 aliphatic carbocycles. The second kappa shape index (κ2) is 9.65. The summed E-state index contributed by atoms with van der Waals surface area (Å²) in [7, 11) is 1.60. The molecule has 0 spiro atoms. The molecule has 0 heterocycles. The van der Waals surface area contributed by atoms with Crippen LogP contribution in [0.25, 0.3) is 0 Å². The Kier molecular flexibility index (Phi) is 8.19. The van der Waals surface area contributed by atoms with Crippen molar-refractivity contribution in [2.24, 2.45) is 5.73 Å². The molecular weight excluding hydrogens is 288 g/mol. The van der Waals surface area contributed by atoms with Crippen LogP contribution < -0.4 is 10.5 Å². The van der Waals surface area contributed by atoms with E-state index in [-0.39, 0.29) is 19.1 Å². The Hall–Kier alpha value is -1.24. The fourth-order valence-electron chi connectivity index (χ4n) is 2.03. The van der Waals surface area contributed by atoms with E-state index in [2.05, 4.69) is 0 Å². The predicted octanol–water partition coefficient (Wildman–Crippen LogP) is 1.10. The van der Waals surface area contributed by atoms with Crippen molar-refractivity contribution < 1.29 is 14.6 Å². The Balaban J connectivity index is 2.79. The molecule has 1 aromatic rings. The van der Waals surface area contributed by atoms with E-state index in [1.807, 2.05) is 30.5 Å². The fourth-order valence-corrected chi connectivity index (χ4v) is 2.52. The van der Waals surface area contributed by atoms with Crippen LogP contribution in [-0.4, -0.2) is 54.2 Å². The Labute approximate surface area is 130 Å². The summed E-state index contributed by atoms with van der Waals surface area (Å²) in [4.78, 5) is 14.0. The molecule has 0 bridgehead atoms. The van der Waals surface area contributed by atoms with E-state index in [1.165, 1.54) is 0 Å². The number of hydrogen-bond donors (Lipinski definition) is 2. The summed E-state index contributed by atoms with van der Waals surface area (Å²) in [5.41, 5.74) is 6.84. The van der Waals surface area contributed by atoms with Gasteiger partial charge in [-0.2, -0.15) is 11.8 Å². The van der Waals surface area contributed by atoms with Gasteiger partial charge in [0, 0.05) is 18.7 Å². The molecule has 0 saturated heterocycles. The zero-order chi connectivity index (χ0) is 15.7. The van der Waals surface area contributed by atoms with Crippen molar-refractivity contribution in [1.29, 1.82) is 0 Å². The third-order valence-electron chi connectivity index (χ3n) is 3.19. The number of rotatable bonds is 9. The first-order chi connectivity index (χ1) is 10.1. The average Bonchev–Trinajstić information content (AvgIpc) is 2.51. The van der Waals surface area contributed by atoms with Gasteiger partial charge < -0.3 is 20.5 Å². The van der Waals surface area contributed by atoms with Crippen molar-refractivity contribution in [3.63, 3.8) is 0 Å². The lowest BCUT2D eigenvalue weighted by Crippen LogP contribution is -2.44. The van der Waals surface area contributed by atoms with Gasteiger partial charge in [-0.3, -0.25) is 4.79 Å². The highest BCUT2D eigenvalue weighted by Gasteiger charge is 2.21. The van der Waals surface area contributed by atoms with Crippen LogP contribution in [0, 0.1) is 0 Å². The normalized spacial score (nSPS) is 12.0. The number of carbonyl (C=O) groups is 1. The predicted molar refractivity (Wildman–Crippen MR) is 86.5 cm³/mol. The van der Waals surface area contributed by atoms with Crippen molar-refractivity contribution in [3.8, 4) is 5.75 Å². The number of methoxy groups -OCH3 is 1. The van der Waals surface area contributed by atoms with Gasteiger partial charge in [0.05, 0.1) is 19.8 Å². The molecule has 3 N–H and O–H groups in total. The lowest BCUT2D eigenvalue weighted by atomic mass is 10.1. The number of aliphatic hydroxyl groups is 1. The van der Waals surface area contributed by atoms with Gasteiger partial charge in [0.15, 0.2) is 0 Å². The topological polar surface area (TPSA) is 75.8 Å². The molecule has 6 heteroatoms. The van der Waals surface area contributed by atoms with Crippen LogP contribution in [0.4, 0.5) is 0 Å². The summed E-state index contributed by atoms with van der Waals surface area (Å²) < 4.78 is 5.29. The largest absolute Gasteiger partial charge is 0.496 e. The van der Waals surface area contributed by atoms with Crippen LogP contribution in [0.3, 0.4) is 0 Å². The summed E-state index contributed by atoms with van der Waals surface area (Å²) in [6, 6.07) is 7.01. The summed E-state index contributed by atoms with van der Waals surface area (Å²) in [6.07, 6.45) is 2.62. The van der Waals surface area contributed by atoms with Gasteiger partial charge in [0.25, 0.3) is 0 Å². The highest BCUT2D eigenvalue weighted by Crippen LogP contribution is 2.19. The van der Waals surface area contributed by atoms with Crippen molar-refractivity contribution in [2.75, 3.05) is 32.3 Å². The van der Waals surface area contributed by atoms with Crippen LogP contribution in [0.5, 0.6) is 5.75 Å². The maximum atomic E-state index is 12.4. The standard InChI is InChI=1S/C15H24N2O3S/c1-20-14-6-4-3-5-12(14)11-17(8-9-18)15(19)13(16)7-10-21-2/h3-6,13,18H,7-11,16H2,1-2H3/t13-/m1/s1. The second-order valence-electron chi connectivity index (χ2n) is 4.68. The average molecular weight is 312 g/mol. The molecule has 0 aliphatic rings. The minimum Gasteiger partial charge on any atom is -0.496 e. The molecule has 1 aromatic carbocycles. The zero-order valence-electron chi connectivity index (χ0n) is 12.6. The molecule has 21 heavy (non-hydrogen) atoms. The monoisotopic (exact) mass is 312 g/mol. The quantitative estimate of drug-likeness (QED) is 0.714. The van der Waals surface area contributed by atoms with E-state index in [0.717, 1.165) is 17.1 Å². The zero-order valence-corrected chi connectivity index (χ0v) is 13.4. The van der Waals surface area contributed by atoms with E-state index in [1.54, 1.807) is 23.8 Å². The van der Waals surface area contributed by atoms with Crippen LogP contribution in [0.2, 0.25) is 0 Å². The number of amides is 1. The van der Waals surface area contributed by atoms with Crippen LogP contribution in [0.1, 0.15) is 12.0 Å². The number of aliphatic hydroxyl groups excluding tert-OH is 1. The molecule has 1 rings (SSSR count). The number of thioether (sulfide) groups is 1. The molecule has 1 amide bonds. The maximum absolute atomic E-state index is 12.4. The number of hydrogen-bond acceptors (Lipinski definition) is 5. The molecule has 118 valence electrons. The highest BCUT2D eigenvalue weighted by atomic mass is 32.2. The molecule has 0 fully saturated rings. The van der Waals surface area contributed by atoms with Gasteiger partial charge in [0.2, 0.25) is 5.91 Å². The first-order valence-corrected chi connectivity index (χ1v) is 8.29. The molecule has 0 saturated carbocycles. The van der Waals surface area contributed by atoms with Gasteiger partial charge in [-0.1, -0.05) is 18.2 Å². The highest BCUT2D eigenvalue weighted by molar-refractivity contribution is 7.98. The SMILES string of the molecule is COc1ccccc1CN(CCO)C(=O)[C@H](N)CCSC. The molecule has 0 unspecified atom stereocenters. The first-order valence-electron chi connectivity index (χ1n) is 6.90. The summed E-state index contributed by atoms with van der Waals surface area (Å²) >= 11 is 1.66. The number of nitrogens with zero attached hydrogens (tertiary/aromatic N) is 1. The third kappa shape index (κ3) is 5.57. The number of para-hydroxylation sites is 1. The number of nitrogens with two attached hydrogens (primary N) is 1. The van der Waals surface area contributed by atoms with Crippen LogP contribution >= 0.6 is 11.8 Å². The lowest BCUT2D eigenvalue weighted by Gasteiger charge is -2.25. The third-order valence-corrected chi connectivity index (χ3v) is 3.83. The Bertz CT molecular complexity index is 443. The van der Waals surface area contributed by atoms with E-state index < -0.39 is 6.04 Å². The van der Waals surface area contributed by atoms with E-state index in [9.17, 15) is 9.90 Å². The first kappa shape index (κ1) is 17.8. The minimum absolute atomic E-state index is 0.0872. The van der Waals surface area contributed by atoms with Crippen molar-refractivity contribution in [2.45, 2.75) is 19.0 Å². The molecule has 5 nitrogen and oxygen atoms in total. The van der Waals surface area contributed by atoms with Gasteiger partial charge in [-0.05, 0) is 24.5 Å². The summed E-state index contributed by atoms with van der Waals surface area (Å²) in [5, 5.41) is 9.18. The van der Waals surface area contributed by atoms with Gasteiger partial charge in [0.1, 0.15) is 5.75 Å². The Morgan fingerprint density at radius 2 is 2.19 bits per heavy atom. The molecule has 0 radical (unpaired) electrons. The van der Waals surface area contributed by atoms with Crippen LogP contribution in [-0.2, 0) is 11.3 Å². The van der Waals surface area contributed by atoms with Gasteiger partial charge in [-0.25, -0.2) is 0 Å². The van der Waals surface area contributed by atoms with E-state index in [4.69, 9.17) is 10.5 Å². The van der Waals surface area contributed by atoms with Crippen molar-refractivity contribution >= 4 is 17.7 Å². The lowest BCUT2D eigenvalue weighted by molar-refractivity contribution is -0.133. The fraction of sp³-hybridized carbons (Fsp3) is 0.533. The Morgan fingerprint density at radius 1 is 1.48 bits per heavy atom. The molecule has 0 aromatic heterocycles. The maximum Gasteiger partial charge on any atom is 0.239 e. The molecular formula is C15H24N2O3S. The van der Waals surface area contributed by atoms with Crippen molar-refractivity contribution in [3.05, 3.63) is 29.8 Å². The number of carbonyl (C=O) groups excluding carboxylic acids is 1. The van der Waals surface area contributed by atoms with E-state index >= 15 is 0 Å². The summed E-state index contributed by atoms with van der Waals surface area (Å²) in [6.45, 7) is 0.566. The number of ether oxygens (including phenoxy) is 1. The van der Waals surface area contributed by atoms with Gasteiger partial charge in [-0.15, -0.1) is 0 Å². The summed E-state index contributed by atoms with van der Waals surface area (Å²) in [5.74, 6) is 1.43. The molecule has 1 atom stereocenters. The second-order valence-corrected chi connectivity index (χ2v) is 5.67. The van der Waals surface area contributed by atoms with Gasteiger partial charge >= 0.3 is 0 Å². The van der Waals surface area contributed by atoms with Crippen molar-refractivity contribution in [1.82, 2.24) is 4.90 Å². The van der Waals surface area contributed by atoms with E-state index in [0.29, 0.717) is 13.0 Å². The smallest absolute Gasteiger partial charge is 0.239 e. The minimum atomic E-state index is -0.529. The molecule has 0 aliphatic heterocycles. The number of benzene rings is 1. The van der Waals surface area contributed by atoms with Crippen LogP contribution in [0.15, 0.2) is 24.3 Å². The Morgan fingerprint density at radius 3 is 2.81 bits per heavy atom.